The summed E-state index contributed by atoms with van der Waals surface area (Å²) < 4.78 is 0.696. The number of β-amino-alcohol motifs (C(OH)–C–C–N with tert-alkyl or cyclic N) is 1. The third-order valence-electron chi connectivity index (χ3n) is 3.61. The highest BCUT2D eigenvalue weighted by Crippen LogP contribution is 2.19. The summed E-state index contributed by atoms with van der Waals surface area (Å²) in [6, 6.07) is 1.54. The summed E-state index contributed by atoms with van der Waals surface area (Å²) >= 11 is 3.30. The fraction of sp³-hybridized carbons (Fsp3) is 0.538. The Morgan fingerprint density at radius 2 is 2.26 bits per heavy atom. The van der Waals surface area contributed by atoms with E-state index >= 15 is 0 Å². The first-order valence-corrected chi connectivity index (χ1v) is 7.06. The number of carbonyl (C=O) groups is 1. The first-order valence-electron chi connectivity index (χ1n) is 6.27. The Balaban J connectivity index is 2.25. The number of aromatic nitrogens is 1. The van der Waals surface area contributed by atoms with E-state index in [2.05, 4.69) is 20.9 Å². The Morgan fingerprint density at radius 3 is 2.89 bits per heavy atom. The molecule has 0 aliphatic carbocycles. The van der Waals surface area contributed by atoms with Crippen LogP contribution in [-0.4, -0.2) is 40.1 Å². The van der Waals surface area contributed by atoms with Crippen LogP contribution >= 0.6 is 15.9 Å². The molecule has 2 atom stereocenters. The highest BCUT2D eigenvalue weighted by atomic mass is 79.9. The van der Waals surface area contributed by atoms with Gasteiger partial charge in [-0.2, -0.15) is 0 Å². The molecule has 0 unspecified atom stereocenters. The molecule has 1 aliphatic rings. The van der Waals surface area contributed by atoms with E-state index in [-0.39, 0.29) is 29.5 Å². The molecule has 5 nitrogen and oxygen atoms in total. The zero-order chi connectivity index (χ0) is 14.2. The van der Waals surface area contributed by atoms with Gasteiger partial charge in [-0.25, -0.2) is 0 Å². The molecule has 0 bridgehead atoms. The molecule has 0 spiro atoms. The molecule has 1 aliphatic heterocycles. The van der Waals surface area contributed by atoms with Crippen molar-refractivity contribution in [3.63, 3.8) is 0 Å². The van der Waals surface area contributed by atoms with Crippen LogP contribution < -0.4 is 5.56 Å². The molecular weight excluding hydrogens is 312 g/mol. The van der Waals surface area contributed by atoms with Crippen molar-refractivity contribution < 1.29 is 9.90 Å². The Kier molecular flexibility index (Phi) is 4.10. The number of nitrogens with zero attached hydrogens (tertiary/aromatic N) is 1. The van der Waals surface area contributed by atoms with Gasteiger partial charge in [0, 0.05) is 23.3 Å². The number of hydrogen-bond donors (Lipinski definition) is 2. The molecule has 1 saturated heterocycles. The van der Waals surface area contributed by atoms with Crippen LogP contribution in [0.5, 0.6) is 0 Å². The van der Waals surface area contributed by atoms with Crippen molar-refractivity contribution in [2.75, 3.05) is 13.1 Å². The second-order valence-corrected chi connectivity index (χ2v) is 5.92. The van der Waals surface area contributed by atoms with Crippen LogP contribution in [0.3, 0.4) is 0 Å². The van der Waals surface area contributed by atoms with Gasteiger partial charge in [-0.1, -0.05) is 6.92 Å². The zero-order valence-electron chi connectivity index (χ0n) is 10.9. The van der Waals surface area contributed by atoms with E-state index in [4.69, 9.17) is 0 Å². The van der Waals surface area contributed by atoms with E-state index in [9.17, 15) is 14.7 Å². The van der Waals surface area contributed by atoms with E-state index in [1.807, 2.05) is 6.92 Å². The lowest BCUT2D eigenvalue weighted by atomic mass is 9.95. The number of aromatic amines is 1. The van der Waals surface area contributed by atoms with E-state index in [0.29, 0.717) is 16.7 Å². The Hall–Kier alpha value is -1.14. The lowest BCUT2D eigenvalue weighted by Crippen LogP contribution is -2.47. The minimum atomic E-state index is -0.523. The number of nitrogens with one attached hydrogen (secondary N) is 1. The third-order valence-corrected chi connectivity index (χ3v) is 4.43. The number of hydrogen-bond acceptors (Lipinski definition) is 3. The van der Waals surface area contributed by atoms with Crippen molar-refractivity contribution in [3.8, 4) is 0 Å². The first-order chi connectivity index (χ1) is 8.90. The van der Waals surface area contributed by atoms with Crippen molar-refractivity contribution in [2.45, 2.75) is 26.4 Å². The summed E-state index contributed by atoms with van der Waals surface area (Å²) in [5, 5.41) is 9.82. The summed E-state index contributed by atoms with van der Waals surface area (Å²) in [5.41, 5.74) is 0.409. The summed E-state index contributed by atoms with van der Waals surface area (Å²) in [6.07, 6.45) is 0.225. The third kappa shape index (κ3) is 2.90. The molecule has 6 heteroatoms. The van der Waals surface area contributed by atoms with Crippen molar-refractivity contribution in [3.05, 3.63) is 32.2 Å². The topological polar surface area (TPSA) is 73.4 Å². The molecule has 0 aromatic carbocycles. The van der Waals surface area contributed by atoms with Crippen LogP contribution in [0, 0.1) is 12.8 Å². The van der Waals surface area contributed by atoms with Crippen molar-refractivity contribution in [2.24, 2.45) is 5.92 Å². The van der Waals surface area contributed by atoms with Crippen LogP contribution in [0.25, 0.3) is 0 Å². The molecule has 2 heterocycles. The van der Waals surface area contributed by atoms with Crippen LogP contribution in [-0.2, 0) is 0 Å². The number of H-pyrrole nitrogens is 1. The van der Waals surface area contributed by atoms with Crippen LogP contribution in [0.4, 0.5) is 0 Å². The van der Waals surface area contributed by atoms with E-state index < -0.39 is 6.10 Å². The Morgan fingerprint density at radius 1 is 1.58 bits per heavy atom. The van der Waals surface area contributed by atoms with Gasteiger partial charge in [0.2, 0.25) is 0 Å². The number of aliphatic hydroxyl groups excluding tert-OH is 1. The average molecular weight is 329 g/mol. The predicted octanol–water partition coefficient (Wildman–Crippen LogP) is 1.29. The molecule has 0 saturated carbocycles. The Bertz CT molecular complexity index is 555. The molecular formula is C13H17BrN2O3. The molecule has 104 valence electrons. The summed E-state index contributed by atoms with van der Waals surface area (Å²) in [7, 11) is 0. The molecule has 0 radical (unpaired) electrons. The number of piperidine rings is 1. The van der Waals surface area contributed by atoms with Gasteiger partial charge in [0.25, 0.3) is 11.5 Å². The van der Waals surface area contributed by atoms with Gasteiger partial charge in [-0.05, 0) is 41.3 Å². The highest BCUT2D eigenvalue weighted by molar-refractivity contribution is 9.10. The SMILES string of the molecule is Cc1[nH]c(=O)c(C(=O)N2CC[C@@H](C)[C@@H](O)C2)cc1Br. The van der Waals surface area contributed by atoms with Gasteiger partial charge in [0.05, 0.1) is 6.10 Å². The molecule has 2 N–H and O–H groups in total. The zero-order valence-corrected chi connectivity index (χ0v) is 12.5. The number of rotatable bonds is 1. The van der Waals surface area contributed by atoms with Gasteiger partial charge in [0.15, 0.2) is 0 Å². The number of aliphatic hydroxyl groups is 1. The van der Waals surface area contributed by atoms with Gasteiger partial charge in [-0.15, -0.1) is 0 Å². The number of likely N-dealkylation sites (tertiary alicyclic amines) is 1. The summed E-state index contributed by atoms with van der Waals surface area (Å²) in [6.45, 7) is 4.57. The van der Waals surface area contributed by atoms with E-state index in [0.717, 1.165) is 6.42 Å². The quantitative estimate of drug-likeness (QED) is 0.815. The molecule has 1 aromatic heterocycles. The molecule has 19 heavy (non-hydrogen) atoms. The summed E-state index contributed by atoms with van der Waals surface area (Å²) in [5.74, 6) is -0.139. The van der Waals surface area contributed by atoms with Crippen molar-refractivity contribution >= 4 is 21.8 Å². The predicted molar refractivity (Wildman–Crippen MR) is 75.2 cm³/mol. The van der Waals surface area contributed by atoms with Crippen LogP contribution in [0.15, 0.2) is 15.3 Å². The van der Waals surface area contributed by atoms with E-state index in [1.54, 1.807) is 13.0 Å². The molecule has 1 aromatic rings. The van der Waals surface area contributed by atoms with Crippen molar-refractivity contribution in [1.29, 1.82) is 0 Å². The Labute approximate surface area is 119 Å². The van der Waals surface area contributed by atoms with Gasteiger partial charge >= 0.3 is 0 Å². The second-order valence-electron chi connectivity index (χ2n) is 5.07. The molecule has 1 amide bonds. The minimum Gasteiger partial charge on any atom is -0.391 e. The smallest absolute Gasteiger partial charge is 0.261 e. The lowest BCUT2D eigenvalue weighted by molar-refractivity contribution is 0.0247. The molecule has 1 fully saturated rings. The monoisotopic (exact) mass is 328 g/mol. The van der Waals surface area contributed by atoms with E-state index in [1.165, 1.54) is 4.90 Å². The minimum absolute atomic E-state index is 0.110. The number of aryl methyl sites for hydroxylation is 1. The fourth-order valence-corrected chi connectivity index (χ4v) is 2.49. The number of pyridine rings is 1. The first kappa shape index (κ1) is 14.3. The maximum absolute atomic E-state index is 12.3. The maximum atomic E-state index is 12.3. The van der Waals surface area contributed by atoms with Gasteiger partial charge in [0.1, 0.15) is 5.56 Å². The standard InChI is InChI=1S/C13H17BrN2O3/c1-7-3-4-16(6-11(7)17)13(19)9-5-10(14)8(2)15-12(9)18/h5,7,11,17H,3-4,6H2,1-2H3,(H,15,18)/t7-,11+/m1/s1. The lowest BCUT2D eigenvalue weighted by Gasteiger charge is -2.34. The normalized spacial score (nSPS) is 23.5. The van der Waals surface area contributed by atoms with Gasteiger partial charge < -0.3 is 15.0 Å². The average Bonchev–Trinajstić information content (AvgIpc) is 2.36. The van der Waals surface area contributed by atoms with Crippen LogP contribution in [0.2, 0.25) is 0 Å². The van der Waals surface area contributed by atoms with Crippen LogP contribution in [0.1, 0.15) is 29.4 Å². The fourth-order valence-electron chi connectivity index (χ4n) is 2.16. The number of amides is 1. The maximum Gasteiger partial charge on any atom is 0.261 e. The number of halogens is 1. The van der Waals surface area contributed by atoms with Crippen molar-refractivity contribution in [1.82, 2.24) is 9.88 Å². The largest absolute Gasteiger partial charge is 0.391 e. The highest BCUT2D eigenvalue weighted by Gasteiger charge is 2.29. The van der Waals surface area contributed by atoms with Gasteiger partial charge in [-0.3, -0.25) is 9.59 Å². The molecule has 2 rings (SSSR count). The second kappa shape index (κ2) is 5.46. The summed E-state index contributed by atoms with van der Waals surface area (Å²) in [4.78, 5) is 28.3. The number of carbonyl (C=O) groups excluding carboxylic acids is 1.